The highest BCUT2D eigenvalue weighted by atomic mass is 16.5. The highest BCUT2D eigenvalue weighted by Crippen LogP contribution is 2.18. The summed E-state index contributed by atoms with van der Waals surface area (Å²) >= 11 is 0. The minimum Gasteiger partial charge on any atom is -0.462 e. The number of aryl methyl sites for hydroxylation is 1. The highest BCUT2D eigenvalue weighted by Gasteiger charge is 2.12. The van der Waals surface area contributed by atoms with Gasteiger partial charge in [-0.05, 0) is 49.7 Å². The Bertz CT molecular complexity index is 644. The van der Waals surface area contributed by atoms with Crippen molar-refractivity contribution in [1.82, 2.24) is 0 Å². The van der Waals surface area contributed by atoms with Crippen LogP contribution in [0, 0.1) is 6.92 Å². The Morgan fingerprint density at radius 2 is 1.48 bits per heavy atom. The van der Waals surface area contributed by atoms with Crippen LogP contribution in [0.4, 0.5) is 0 Å². The minimum atomic E-state index is -0.459. The molecule has 0 atom stereocenters. The summed E-state index contributed by atoms with van der Waals surface area (Å²) in [5, 5.41) is 0. The van der Waals surface area contributed by atoms with Crippen LogP contribution in [0.5, 0.6) is 5.75 Å². The van der Waals surface area contributed by atoms with Crippen LogP contribution in [0.25, 0.3) is 0 Å². The van der Waals surface area contributed by atoms with Crippen LogP contribution in [-0.2, 0) is 4.74 Å². The monoisotopic (exact) mass is 284 g/mol. The first kappa shape index (κ1) is 14.8. The Labute approximate surface area is 123 Å². The lowest BCUT2D eigenvalue weighted by molar-refractivity contribution is 0.0525. The zero-order chi connectivity index (χ0) is 15.2. The number of hydrogen-bond acceptors (Lipinski definition) is 4. The van der Waals surface area contributed by atoms with Crippen molar-refractivity contribution in [3.8, 4) is 5.75 Å². The molecule has 2 aromatic carbocycles. The third kappa shape index (κ3) is 3.69. The summed E-state index contributed by atoms with van der Waals surface area (Å²) in [4.78, 5) is 23.6. The van der Waals surface area contributed by atoms with E-state index in [1.54, 1.807) is 43.3 Å². The molecule has 0 aromatic heterocycles. The van der Waals surface area contributed by atoms with E-state index in [2.05, 4.69) is 0 Å². The molecular formula is C17H16O4. The Morgan fingerprint density at radius 3 is 2.05 bits per heavy atom. The van der Waals surface area contributed by atoms with E-state index in [4.69, 9.17) is 9.47 Å². The first-order chi connectivity index (χ1) is 10.1. The molecule has 0 aliphatic carbocycles. The first-order valence-corrected chi connectivity index (χ1v) is 6.67. The molecule has 0 radical (unpaired) electrons. The highest BCUT2D eigenvalue weighted by molar-refractivity contribution is 5.94. The van der Waals surface area contributed by atoms with Crippen LogP contribution < -0.4 is 4.74 Å². The van der Waals surface area contributed by atoms with Gasteiger partial charge in [0.25, 0.3) is 0 Å². The molecule has 108 valence electrons. The molecule has 0 unspecified atom stereocenters. The second-order valence-electron chi connectivity index (χ2n) is 4.45. The van der Waals surface area contributed by atoms with Gasteiger partial charge in [-0.3, -0.25) is 0 Å². The van der Waals surface area contributed by atoms with Crippen LogP contribution >= 0.6 is 0 Å². The van der Waals surface area contributed by atoms with Crippen LogP contribution in [0.15, 0.2) is 48.5 Å². The largest absolute Gasteiger partial charge is 0.462 e. The van der Waals surface area contributed by atoms with E-state index < -0.39 is 11.9 Å². The zero-order valence-electron chi connectivity index (χ0n) is 12.0. The lowest BCUT2D eigenvalue weighted by Gasteiger charge is -2.07. The van der Waals surface area contributed by atoms with E-state index in [1.807, 2.05) is 19.1 Å². The zero-order valence-corrected chi connectivity index (χ0v) is 12.0. The number of ether oxygens (including phenoxy) is 2. The van der Waals surface area contributed by atoms with E-state index in [-0.39, 0.29) is 0 Å². The van der Waals surface area contributed by atoms with Gasteiger partial charge in [0.05, 0.1) is 17.7 Å². The fraction of sp³-hybridized carbons (Fsp3) is 0.176. The van der Waals surface area contributed by atoms with Crippen molar-refractivity contribution in [2.24, 2.45) is 0 Å². The molecule has 0 saturated heterocycles. The van der Waals surface area contributed by atoms with Crippen molar-refractivity contribution in [2.45, 2.75) is 13.8 Å². The predicted octanol–water partition coefficient (Wildman–Crippen LogP) is 3.39. The van der Waals surface area contributed by atoms with Gasteiger partial charge in [-0.15, -0.1) is 0 Å². The summed E-state index contributed by atoms with van der Waals surface area (Å²) in [6.45, 7) is 3.92. The lowest BCUT2D eigenvalue weighted by atomic mass is 10.1. The Kier molecular flexibility index (Phi) is 4.72. The van der Waals surface area contributed by atoms with E-state index in [0.717, 1.165) is 5.56 Å². The maximum absolute atomic E-state index is 12.0. The number of hydrogen-bond donors (Lipinski definition) is 0. The fourth-order valence-corrected chi connectivity index (χ4v) is 1.79. The summed E-state index contributed by atoms with van der Waals surface area (Å²) < 4.78 is 10.2. The van der Waals surface area contributed by atoms with Crippen molar-refractivity contribution in [3.63, 3.8) is 0 Å². The number of benzene rings is 2. The number of rotatable bonds is 4. The molecule has 0 fully saturated rings. The van der Waals surface area contributed by atoms with Crippen LogP contribution in [-0.4, -0.2) is 18.5 Å². The molecule has 21 heavy (non-hydrogen) atoms. The second-order valence-corrected chi connectivity index (χ2v) is 4.45. The van der Waals surface area contributed by atoms with Gasteiger partial charge in [0.15, 0.2) is 0 Å². The second kappa shape index (κ2) is 6.70. The first-order valence-electron chi connectivity index (χ1n) is 6.67. The normalized spacial score (nSPS) is 10.0. The fourth-order valence-electron chi connectivity index (χ4n) is 1.79. The molecule has 2 aromatic rings. The van der Waals surface area contributed by atoms with Crippen molar-refractivity contribution < 1.29 is 19.1 Å². The summed E-state index contributed by atoms with van der Waals surface area (Å²) in [5.74, 6) is -0.340. The Morgan fingerprint density at radius 1 is 0.905 bits per heavy atom. The van der Waals surface area contributed by atoms with Crippen LogP contribution in [0.2, 0.25) is 0 Å². The molecule has 2 rings (SSSR count). The summed E-state index contributed by atoms with van der Waals surface area (Å²) in [7, 11) is 0. The van der Waals surface area contributed by atoms with Gasteiger partial charge in [0, 0.05) is 0 Å². The predicted molar refractivity (Wildman–Crippen MR) is 78.5 cm³/mol. The van der Waals surface area contributed by atoms with E-state index >= 15 is 0 Å². The van der Waals surface area contributed by atoms with Gasteiger partial charge in [-0.2, -0.15) is 0 Å². The maximum Gasteiger partial charge on any atom is 0.343 e. The Hall–Kier alpha value is -2.62. The van der Waals surface area contributed by atoms with Crippen molar-refractivity contribution in [2.75, 3.05) is 6.61 Å². The molecule has 0 saturated carbocycles. The van der Waals surface area contributed by atoms with Gasteiger partial charge >= 0.3 is 11.9 Å². The average Bonchev–Trinajstić information content (AvgIpc) is 2.50. The molecule has 0 aliphatic heterocycles. The standard InChI is InChI=1S/C17H16O4/c1-3-20-16(18)13-8-10-14(11-9-13)17(19)21-15-7-5-4-6-12(15)2/h4-11H,3H2,1-2H3. The van der Waals surface area contributed by atoms with Crippen LogP contribution in [0.1, 0.15) is 33.2 Å². The quantitative estimate of drug-likeness (QED) is 0.638. The SMILES string of the molecule is CCOC(=O)c1ccc(C(=O)Oc2ccccc2C)cc1. The molecule has 0 bridgehead atoms. The molecule has 0 heterocycles. The van der Waals surface area contributed by atoms with Gasteiger partial charge < -0.3 is 9.47 Å². The third-order valence-corrected chi connectivity index (χ3v) is 2.93. The van der Waals surface area contributed by atoms with Gasteiger partial charge in [-0.25, -0.2) is 9.59 Å². The number of para-hydroxylation sites is 1. The summed E-state index contributed by atoms with van der Waals surface area (Å²) in [5.41, 5.74) is 1.67. The number of carbonyl (C=O) groups is 2. The third-order valence-electron chi connectivity index (χ3n) is 2.93. The van der Waals surface area contributed by atoms with Crippen molar-refractivity contribution in [3.05, 3.63) is 65.2 Å². The maximum atomic E-state index is 12.0. The summed E-state index contributed by atoms with van der Waals surface area (Å²) in [6.07, 6.45) is 0. The number of carbonyl (C=O) groups excluding carboxylic acids is 2. The molecule has 0 spiro atoms. The summed E-state index contributed by atoms with van der Waals surface area (Å²) in [6, 6.07) is 13.5. The topological polar surface area (TPSA) is 52.6 Å². The Balaban J connectivity index is 2.10. The smallest absolute Gasteiger partial charge is 0.343 e. The van der Waals surface area contributed by atoms with Gasteiger partial charge in [-0.1, -0.05) is 18.2 Å². The molecule has 4 heteroatoms. The van der Waals surface area contributed by atoms with E-state index in [1.165, 1.54) is 0 Å². The average molecular weight is 284 g/mol. The van der Waals surface area contributed by atoms with E-state index in [0.29, 0.717) is 23.5 Å². The van der Waals surface area contributed by atoms with Gasteiger partial charge in [0.2, 0.25) is 0 Å². The molecule has 0 aliphatic rings. The van der Waals surface area contributed by atoms with E-state index in [9.17, 15) is 9.59 Å². The van der Waals surface area contributed by atoms with Gasteiger partial charge in [0.1, 0.15) is 5.75 Å². The van der Waals surface area contributed by atoms with Crippen LogP contribution in [0.3, 0.4) is 0 Å². The minimum absolute atomic E-state index is 0.315. The molecule has 0 amide bonds. The van der Waals surface area contributed by atoms with Crippen molar-refractivity contribution >= 4 is 11.9 Å². The molecule has 4 nitrogen and oxygen atoms in total. The number of esters is 2. The molecule has 0 N–H and O–H groups in total. The molecular weight excluding hydrogens is 268 g/mol. The lowest BCUT2D eigenvalue weighted by Crippen LogP contribution is -2.10. The van der Waals surface area contributed by atoms with Crippen molar-refractivity contribution in [1.29, 1.82) is 0 Å².